The summed E-state index contributed by atoms with van der Waals surface area (Å²) in [5, 5.41) is 15.1. The van der Waals surface area contributed by atoms with Crippen LogP contribution in [0.1, 0.15) is 36.1 Å². The van der Waals surface area contributed by atoms with Crippen molar-refractivity contribution in [3.63, 3.8) is 0 Å². The fourth-order valence-corrected chi connectivity index (χ4v) is 2.47. The van der Waals surface area contributed by atoms with E-state index in [0.717, 1.165) is 11.5 Å². The number of hydrogen-bond donors (Lipinski definition) is 1. The van der Waals surface area contributed by atoms with E-state index in [2.05, 4.69) is 34.5 Å². The van der Waals surface area contributed by atoms with Crippen LogP contribution in [0.3, 0.4) is 0 Å². The van der Waals surface area contributed by atoms with Crippen LogP contribution in [-0.4, -0.2) is 41.4 Å². The molecule has 0 saturated heterocycles. The van der Waals surface area contributed by atoms with Gasteiger partial charge in [-0.1, -0.05) is 0 Å². The van der Waals surface area contributed by atoms with E-state index in [4.69, 9.17) is 0 Å². The van der Waals surface area contributed by atoms with Crippen molar-refractivity contribution in [2.75, 3.05) is 6.54 Å². The molecule has 0 spiro atoms. The van der Waals surface area contributed by atoms with Crippen molar-refractivity contribution < 1.29 is 4.79 Å². The van der Waals surface area contributed by atoms with Gasteiger partial charge >= 0.3 is 0 Å². The molecule has 116 valence electrons. The van der Waals surface area contributed by atoms with Gasteiger partial charge in [0.2, 0.25) is 0 Å². The van der Waals surface area contributed by atoms with Gasteiger partial charge in [-0.25, -0.2) is 4.52 Å². The van der Waals surface area contributed by atoms with Crippen LogP contribution in [0.5, 0.6) is 0 Å². The maximum Gasteiger partial charge on any atom is 0.256 e. The third-order valence-corrected chi connectivity index (χ3v) is 3.62. The molecule has 0 aliphatic rings. The number of nitrogens with one attached hydrogen (secondary N) is 1. The van der Waals surface area contributed by atoms with Crippen LogP contribution in [0.4, 0.5) is 0 Å². The average molecular weight is 301 g/mol. The molecule has 0 fully saturated rings. The zero-order valence-electron chi connectivity index (χ0n) is 12.9. The van der Waals surface area contributed by atoms with E-state index in [9.17, 15) is 4.79 Å². The number of aromatic nitrogens is 6. The average Bonchev–Trinajstić information content (AvgIpc) is 3.16. The van der Waals surface area contributed by atoms with Gasteiger partial charge in [-0.05, 0) is 13.8 Å². The van der Waals surface area contributed by atoms with Crippen LogP contribution in [0, 0.1) is 0 Å². The Hall–Kier alpha value is -2.64. The summed E-state index contributed by atoms with van der Waals surface area (Å²) in [5.74, 6) is 0.738. The second kappa shape index (κ2) is 5.63. The highest BCUT2D eigenvalue weighted by Gasteiger charge is 2.15. The number of rotatable bonds is 5. The molecule has 0 radical (unpaired) electrons. The lowest BCUT2D eigenvalue weighted by Crippen LogP contribution is -2.26. The number of nitrogens with zero attached hydrogens (tertiary/aromatic N) is 6. The smallest absolute Gasteiger partial charge is 0.256 e. The van der Waals surface area contributed by atoms with Crippen molar-refractivity contribution in [2.24, 2.45) is 7.05 Å². The molecule has 3 aromatic heterocycles. The van der Waals surface area contributed by atoms with Gasteiger partial charge < -0.3 is 14.5 Å². The molecule has 0 aliphatic heterocycles. The summed E-state index contributed by atoms with van der Waals surface area (Å²) >= 11 is 0. The molecule has 1 amide bonds. The minimum absolute atomic E-state index is 0.132. The van der Waals surface area contributed by atoms with Gasteiger partial charge in [-0.15, -0.1) is 10.2 Å². The predicted molar refractivity (Wildman–Crippen MR) is 80.6 cm³/mol. The maximum atomic E-state index is 12.3. The Morgan fingerprint density at radius 2 is 2.18 bits per heavy atom. The van der Waals surface area contributed by atoms with Gasteiger partial charge in [0.25, 0.3) is 5.91 Å². The normalized spacial score (nSPS) is 11.5. The highest BCUT2D eigenvalue weighted by molar-refractivity contribution is 5.99. The fraction of sp³-hybridized carbons (Fsp3) is 0.429. The van der Waals surface area contributed by atoms with Gasteiger partial charge in [-0.3, -0.25) is 4.79 Å². The molecule has 1 N–H and O–H groups in total. The fourth-order valence-electron chi connectivity index (χ4n) is 2.47. The first-order valence-electron chi connectivity index (χ1n) is 7.23. The lowest BCUT2D eigenvalue weighted by Gasteiger charge is -2.10. The van der Waals surface area contributed by atoms with Gasteiger partial charge in [0.05, 0.1) is 6.20 Å². The van der Waals surface area contributed by atoms with Gasteiger partial charge in [-0.2, -0.15) is 5.10 Å². The van der Waals surface area contributed by atoms with E-state index in [1.54, 1.807) is 17.0 Å². The molecule has 0 atom stereocenters. The first kappa shape index (κ1) is 14.3. The zero-order chi connectivity index (χ0) is 15.7. The van der Waals surface area contributed by atoms with Crippen molar-refractivity contribution in [1.82, 2.24) is 34.3 Å². The number of fused-ring (bicyclic) bond motifs is 1. The third-order valence-electron chi connectivity index (χ3n) is 3.62. The quantitative estimate of drug-likeness (QED) is 0.756. The van der Waals surface area contributed by atoms with Crippen LogP contribution in [0.25, 0.3) is 5.65 Å². The van der Waals surface area contributed by atoms with E-state index in [-0.39, 0.29) is 5.91 Å². The molecule has 3 heterocycles. The van der Waals surface area contributed by atoms with Crippen LogP contribution < -0.4 is 5.32 Å². The molecule has 3 rings (SSSR count). The highest BCUT2D eigenvalue weighted by atomic mass is 16.1. The van der Waals surface area contributed by atoms with E-state index in [1.807, 2.05) is 28.6 Å². The van der Waals surface area contributed by atoms with Gasteiger partial charge in [0.1, 0.15) is 23.4 Å². The molecule has 0 aromatic carbocycles. The summed E-state index contributed by atoms with van der Waals surface area (Å²) in [6, 6.07) is 0.305. The second-order valence-corrected chi connectivity index (χ2v) is 5.49. The van der Waals surface area contributed by atoms with E-state index in [0.29, 0.717) is 24.6 Å². The van der Waals surface area contributed by atoms with E-state index in [1.165, 1.54) is 0 Å². The lowest BCUT2D eigenvalue weighted by molar-refractivity contribution is 0.0955. The Kier molecular flexibility index (Phi) is 3.66. The Morgan fingerprint density at radius 1 is 1.36 bits per heavy atom. The second-order valence-electron chi connectivity index (χ2n) is 5.49. The summed E-state index contributed by atoms with van der Waals surface area (Å²) in [6.07, 6.45) is 7.62. The summed E-state index contributed by atoms with van der Waals surface area (Å²) in [4.78, 5) is 12.3. The van der Waals surface area contributed by atoms with E-state index < -0.39 is 0 Å². The molecule has 0 saturated carbocycles. The Morgan fingerprint density at radius 3 is 2.95 bits per heavy atom. The third kappa shape index (κ3) is 2.47. The van der Waals surface area contributed by atoms with Crippen molar-refractivity contribution in [1.29, 1.82) is 0 Å². The number of carbonyl (C=O) groups is 1. The molecule has 0 unspecified atom stereocenters. The van der Waals surface area contributed by atoms with Gasteiger partial charge in [0.15, 0.2) is 0 Å². The topological polar surface area (TPSA) is 82.0 Å². The molecule has 0 bridgehead atoms. The number of carbonyl (C=O) groups excluding carboxylic acids is 1. The molecule has 0 aliphatic carbocycles. The van der Waals surface area contributed by atoms with Crippen LogP contribution >= 0.6 is 0 Å². The number of aryl methyl sites for hydroxylation is 1. The molecule has 8 heteroatoms. The first-order valence-corrected chi connectivity index (χ1v) is 7.23. The first-order chi connectivity index (χ1) is 10.6. The minimum atomic E-state index is -0.132. The Bertz CT molecular complexity index is 795. The minimum Gasteiger partial charge on any atom is -0.351 e. The summed E-state index contributed by atoms with van der Waals surface area (Å²) in [5.41, 5.74) is 1.35. The number of amides is 1. The molecule has 8 nitrogen and oxygen atoms in total. The van der Waals surface area contributed by atoms with Gasteiger partial charge in [0, 0.05) is 38.4 Å². The summed E-state index contributed by atoms with van der Waals surface area (Å²) in [7, 11) is 1.89. The predicted octanol–water partition coefficient (Wildman–Crippen LogP) is 0.818. The van der Waals surface area contributed by atoms with Crippen LogP contribution in [0.2, 0.25) is 0 Å². The molecular formula is C14H19N7O. The zero-order valence-corrected chi connectivity index (χ0v) is 12.9. The summed E-state index contributed by atoms with van der Waals surface area (Å²) < 4.78 is 5.56. The number of hydrogen-bond acceptors (Lipinski definition) is 4. The highest BCUT2D eigenvalue weighted by Crippen LogP contribution is 2.10. The maximum absolute atomic E-state index is 12.3. The van der Waals surface area contributed by atoms with Crippen LogP contribution in [-0.2, 0) is 13.5 Å². The standard InChI is InChI=1S/C14H19N7O/c1-10(2)20-9-16-18-12(20)4-5-15-13(22)11-8-17-21-7-6-19(3)14(11)21/h6-10H,4-5H2,1-3H3,(H,15,22). The van der Waals surface area contributed by atoms with Crippen molar-refractivity contribution in [3.05, 3.63) is 36.3 Å². The van der Waals surface area contributed by atoms with Crippen molar-refractivity contribution >= 4 is 11.6 Å². The summed E-state index contributed by atoms with van der Waals surface area (Å²) in [6.45, 7) is 4.65. The Balaban J connectivity index is 1.65. The van der Waals surface area contributed by atoms with E-state index >= 15 is 0 Å². The molecule has 22 heavy (non-hydrogen) atoms. The Labute approximate surface area is 127 Å². The van der Waals surface area contributed by atoms with Crippen LogP contribution in [0.15, 0.2) is 24.9 Å². The SMILES string of the molecule is CC(C)n1cnnc1CCNC(=O)c1cnn2ccn(C)c12. The van der Waals surface area contributed by atoms with Crippen molar-refractivity contribution in [2.45, 2.75) is 26.3 Å². The number of imidazole rings is 1. The van der Waals surface area contributed by atoms with Crippen molar-refractivity contribution in [3.8, 4) is 0 Å². The largest absolute Gasteiger partial charge is 0.351 e. The lowest BCUT2D eigenvalue weighted by atomic mass is 10.3. The molecular weight excluding hydrogens is 282 g/mol. The molecule has 3 aromatic rings. The monoisotopic (exact) mass is 301 g/mol.